The summed E-state index contributed by atoms with van der Waals surface area (Å²) in [5.41, 5.74) is 4.31. The van der Waals surface area contributed by atoms with Gasteiger partial charge >= 0.3 is 0 Å². The Kier molecular flexibility index (Phi) is 9.92. The number of hydrogen-bond acceptors (Lipinski definition) is 0. The van der Waals surface area contributed by atoms with Gasteiger partial charge in [0.05, 0.1) is 10.0 Å². The molecule has 0 saturated carbocycles. The van der Waals surface area contributed by atoms with Crippen molar-refractivity contribution < 1.29 is 8.78 Å². The van der Waals surface area contributed by atoms with Gasteiger partial charge < -0.3 is 0 Å². The second kappa shape index (κ2) is 12.9. The molecule has 0 aliphatic rings. The summed E-state index contributed by atoms with van der Waals surface area (Å²) in [5.74, 6) is 0. The minimum absolute atomic E-state index is 0.290. The summed E-state index contributed by atoms with van der Waals surface area (Å²) in [6.45, 7) is 3.97. The molecular weight excluding hydrogens is 469 g/mol. The molecule has 0 aromatic heterocycles. The van der Waals surface area contributed by atoms with Crippen LogP contribution in [0.4, 0.5) is 8.78 Å². The second-order valence-electron chi connectivity index (χ2n) is 8.28. The molecule has 2 atom stereocenters. The molecule has 34 heavy (non-hydrogen) atoms. The Bertz CT molecular complexity index is 1120. The predicted molar refractivity (Wildman–Crippen MR) is 142 cm³/mol. The second-order valence-corrected chi connectivity index (χ2v) is 9.04. The molecule has 0 aliphatic heterocycles. The van der Waals surface area contributed by atoms with Crippen LogP contribution >= 0.6 is 23.2 Å². The van der Waals surface area contributed by atoms with E-state index in [1.807, 2.05) is 50.3 Å². The molecule has 4 heteroatoms. The van der Waals surface area contributed by atoms with E-state index < -0.39 is 12.3 Å². The molecule has 0 bridgehead atoms. The van der Waals surface area contributed by atoms with E-state index in [1.54, 1.807) is 36.4 Å². The van der Waals surface area contributed by atoms with E-state index in [9.17, 15) is 4.39 Å². The molecule has 0 N–H and O–H groups in total. The SMILES string of the molecule is C/C=C/CCc1ccc(C(F)C(F)c2ccc(-c3ccc(CC/C=C/C)c(Cl)c3Cl)cc2)cc1. The van der Waals surface area contributed by atoms with Crippen molar-refractivity contribution in [3.05, 3.63) is 117 Å². The van der Waals surface area contributed by atoms with Crippen LogP contribution in [0.25, 0.3) is 11.1 Å². The highest BCUT2D eigenvalue weighted by atomic mass is 35.5. The number of alkyl halides is 2. The lowest BCUT2D eigenvalue weighted by atomic mass is 9.96. The Morgan fingerprint density at radius 2 is 1.21 bits per heavy atom. The Hall–Kier alpha value is -2.42. The van der Waals surface area contributed by atoms with Gasteiger partial charge in [-0.3, -0.25) is 0 Å². The average molecular weight is 499 g/mol. The first kappa shape index (κ1) is 26.2. The molecule has 3 aromatic rings. The average Bonchev–Trinajstić information content (AvgIpc) is 2.87. The summed E-state index contributed by atoms with van der Waals surface area (Å²) in [4.78, 5) is 0. The Labute approximate surface area is 211 Å². The fraction of sp³-hybridized carbons (Fsp3) is 0.267. The van der Waals surface area contributed by atoms with Gasteiger partial charge in [-0.15, -0.1) is 0 Å². The van der Waals surface area contributed by atoms with Crippen LogP contribution in [0.15, 0.2) is 85.0 Å². The monoisotopic (exact) mass is 498 g/mol. The number of benzene rings is 3. The number of rotatable bonds is 10. The summed E-state index contributed by atoms with van der Waals surface area (Å²) in [6.07, 6.45) is 8.22. The maximum Gasteiger partial charge on any atom is 0.160 e. The molecule has 0 amide bonds. The highest BCUT2D eigenvalue weighted by Gasteiger charge is 2.24. The van der Waals surface area contributed by atoms with Gasteiger partial charge in [0.2, 0.25) is 0 Å². The largest absolute Gasteiger partial charge is 0.239 e. The highest BCUT2D eigenvalue weighted by molar-refractivity contribution is 6.44. The number of aryl methyl sites for hydroxylation is 2. The molecule has 0 heterocycles. The summed E-state index contributed by atoms with van der Waals surface area (Å²) < 4.78 is 29.9. The van der Waals surface area contributed by atoms with Crippen LogP contribution in [0.3, 0.4) is 0 Å². The Balaban J connectivity index is 1.71. The molecular formula is C30H30Cl2F2. The molecule has 3 aromatic carbocycles. The van der Waals surface area contributed by atoms with E-state index in [0.29, 0.717) is 21.2 Å². The molecule has 178 valence electrons. The van der Waals surface area contributed by atoms with Crippen LogP contribution in [0.1, 0.15) is 61.3 Å². The lowest BCUT2D eigenvalue weighted by molar-refractivity contribution is 0.170. The smallest absolute Gasteiger partial charge is 0.160 e. The summed E-state index contributed by atoms with van der Waals surface area (Å²) in [6, 6.07) is 17.7. The van der Waals surface area contributed by atoms with Crippen molar-refractivity contribution in [1.29, 1.82) is 0 Å². The van der Waals surface area contributed by atoms with Crippen molar-refractivity contribution in [2.45, 2.75) is 51.9 Å². The molecule has 3 rings (SSSR count). The third-order valence-corrected chi connectivity index (χ3v) is 6.83. The number of halogens is 4. The zero-order valence-electron chi connectivity index (χ0n) is 19.6. The Morgan fingerprint density at radius 3 is 1.76 bits per heavy atom. The maximum atomic E-state index is 15.0. The van der Waals surface area contributed by atoms with Gasteiger partial charge in [-0.05, 0) is 67.3 Å². The molecule has 0 aliphatic carbocycles. The van der Waals surface area contributed by atoms with E-state index in [-0.39, 0.29) is 0 Å². The van der Waals surface area contributed by atoms with E-state index in [1.165, 1.54) is 0 Å². The number of hydrogen-bond donors (Lipinski definition) is 0. The van der Waals surface area contributed by atoms with Crippen LogP contribution in [0, 0.1) is 0 Å². The summed E-state index contributed by atoms with van der Waals surface area (Å²) in [7, 11) is 0. The van der Waals surface area contributed by atoms with Crippen LogP contribution in [-0.4, -0.2) is 0 Å². The third-order valence-electron chi connectivity index (χ3n) is 5.91. The van der Waals surface area contributed by atoms with E-state index in [0.717, 1.165) is 47.9 Å². The minimum Gasteiger partial charge on any atom is -0.239 e. The maximum absolute atomic E-state index is 15.0. The molecule has 0 saturated heterocycles. The van der Waals surface area contributed by atoms with Crippen LogP contribution < -0.4 is 0 Å². The lowest BCUT2D eigenvalue weighted by Crippen LogP contribution is -2.02. The van der Waals surface area contributed by atoms with E-state index in [4.69, 9.17) is 23.2 Å². The van der Waals surface area contributed by atoms with Gasteiger partial charge in [0.25, 0.3) is 0 Å². The number of allylic oxidation sites excluding steroid dienone is 4. The molecule has 0 fully saturated rings. The van der Waals surface area contributed by atoms with Crippen molar-refractivity contribution in [2.75, 3.05) is 0 Å². The topological polar surface area (TPSA) is 0 Å². The molecule has 0 spiro atoms. The first-order valence-corrected chi connectivity index (χ1v) is 12.4. The summed E-state index contributed by atoms with van der Waals surface area (Å²) >= 11 is 13.0. The first-order chi connectivity index (χ1) is 16.5. The van der Waals surface area contributed by atoms with Crippen molar-refractivity contribution in [3.8, 4) is 11.1 Å². The van der Waals surface area contributed by atoms with Crippen molar-refractivity contribution in [3.63, 3.8) is 0 Å². The van der Waals surface area contributed by atoms with Gasteiger partial charge in [-0.1, -0.05) is 108 Å². The minimum atomic E-state index is -1.75. The van der Waals surface area contributed by atoms with Gasteiger partial charge in [-0.25, -0.2) is 8.78 Å². The fourth-order valence-electron chi connectivity index (χ4n) is 3.88. The third kappa shape index (κ3) is 6.58. The van der Waals surface area contributed by atoms with Gasteiger partial charge in [0, 0.05) is 5.56 Å². The highest BCUT2D eigenvalue weighted by Crippen LogP contribution is 2.39. The van der Waals surface area contributed by atoms with Gasteiger partial charge in [0.15, 0.2) is 12.3 Å². The van der Waals surface area contributed by atoms with Crippen molar-refractivity contribution in [1.82, 2.24) is 0 Å². The zero-order chi connectivity index (χ0) is 24.5. The van der Waals surface area contributed by atoms with Crippen LogP contribution in [0.5, 0.6) is 0 Å². The van der Waals surface area contributed by atoms with Crippen molar-refractivity contribution >= 4 is 23.2 Å². The quantitative estimate of drug-likeness (QED) is 0.243. The predicted octanol–water partition coefficient (Wildman–Crippen LogP) is 10.4. The summed E-state index contributed by atoms with van der Waals surface area (Å²) in [5, 5.41) is 1.01. The van der Waals surface area contributed by atoms with E-state index >= 15 is 4.39 Å². The van der Waals surface area contributed by atoms with Crippen LogP contribution in [0.2, 0.25) is 10.0 Å². The molecule has 0 radical (unpaired) electrons. The molecule has 0 nitrogen and oxygen atoms in total. The fourth-order valence-corrected chi connectivity index (χ4v) is 4.43. The van der Waals surface area contributed by atoms with Crippen LogP contribution in [-0.2, 0) is 12.8 Å². The lowest BCUT2D eigenvalue weighted by Gasteiger charge is -2.16. The van der Waals surface area contributed by atoms with Gasteiger partial charge in [-0.2, -0.15) is 0 Å². The van der Waals surface area contributed by atoms with Gasteiger partial charge in [0.1, 0.15) is 0 Å². The first-order valence-electron chi connectivity index (χ1n) is 11.6. The Morgan fingerprint density at radius 1 is 0.676 bits per heavy atom. The normalized spacial score (nSPS) is 13.6. The zero-order valence-corrected chi connectivity index (χ0v) is 21.1. The van der Waals surface area contributed by atoms with E-state index in [2.05, 4.69) is 12.2 Å². The van der Waals surface area contributed by atoms with Crippen molar-refractivity contribution in [2.24, 2.45) is 0 Å². The molecule has 2 unspecified atom stereocenters. The standard InChI is InChI=1S/C30H30Cl2F2/c1-3-5-7-9-21-11-13-24(14-12-21)29(33)30(34)25-17-15-22(16-18-25)26-20-19-23(10-8-6-4-2)27(31)28(26)32/h3-6,11-20,29-30H,7-10H2,1-2H3/b5-3+,6-4+.